The number of ketones is 1. The van der Waals surface area contributed by atoms with Crippen LogP contribution in [0.4, 0.5) is 0 Å². The van der Waals surface area contributed by atoms with Crippen molar-refractivity contribution in [3.8, 4) is 0 Å². The zero-order chi connectivity index (χ0) is 12.7. The molecule has 92 valence electrons. The first-order chi connectivity index (χ1) is 8.65. The maximum Gasteiger partial charge on any atom is 0.168 e. The minimum absolute atomic E-state index is 0.0974. The molecule has 18 heavy (non-hydrogen) atoms. The van der Waals surface area contributed by atoms with Crippen LogP contribution in [0.2, 0.25) is 0 Å². The molecular formula is C14H10Br2OS. The minimum atomic E-state index is 0.0974. The number of hydrogen-bond acceptors (Lipinski definition) is 2. The van der Waals surface area contributed by atoms with E-state index in [9.17, 15) is 4.79 Å². The summed E-state index contributed by atoms with van der Waals surface area (Å²) in [7, 11) is 0. The second kappa shape index (κ2) is 4.91. The van der Waals surface area contributed by atoms with Crippen LogP contribution < -0.4 is 0 Å². The van der Waals surface area contributed by atoms with Gasteiger partial charge in [-0.2, -0.15) is 0 Å². The fourth-order valence-electron chi connectivity index (χ4n) is 2.47. The second-order valence-electron chi connectivity index (χ2n) is 4.48. The SMILES string of the molecule is O=C(c1cc(Br)sc1Br)C1Cc2ccccc2C1. The molecule has 1 heterocycles. The molecule has 3 rings (SSSR count). The Labute approximate surface area is 126 Å². The maximum atomic E-state index is 12.5. The number of thiophene rings is 1. The quantitative estimate of drug-likeness (QED) is 0.674. The van der Waals surface area contributed by atoms with E-state index in [2.05, 4.69) is 44.0 Å². The highest BCUT2D eigenvalue weighted by molar-refractivity contribution is 9.12. The van der Waals surface area contributed by atoms with Crippen molar-refractivity contribution in [1.29, 1.82) is 0 Å². The number of carbonyl (C=O) groups is 1. The summed E-state index contributed by atoms with van der Waals surface area (Å²) in [6.45, 7) is 0. The van der Waals surface area contributed by atoms with Crippen LogP contribution in [0.3, 0.4) is 0 Å². The average molecular weight is 386 g/mol. The van der Waals surface area contributed by atoms with Gasteiger partial charge >= 0.3 is 0 Å². The van der Waals surface area contributed by atoms with Gasteiger partial charge in [-0.15, -0.1) is 11.3 Å². The van der Waals surface area contributed by atoms with Gasteiger partial charge in [-0.25, -0.2) is 0 Å². The molecule has 0 amide bonds. The molecule has 0 saturated heterocycles. The number of benzene rings is 1. The molecule has 0 N–H and O–H groups in total. The van der Waals surface area contributed by atoms with Crippen molar-refractivity contribution in [2.45, 2.75) is 12.8 Å². The molecule has 1 aromatic heterocycles. The van der Waals surface area contributed by atoms with Crippen molar-refractivity contribution < 1.29 is 4.79 Å². The van der Waals surface area contributed by atoms with Crippen LogP contribution >= 0.6 is 43.2 Å². The number of carbonyl (C=O) groups excluding carboxylic acids is 1. The summed E-state index contributed by atoms with van der Waals surface area (Å²) in [5, 5.41) is 0. The third-order valence-electron chi connectivity index (χ3n) is 3.34. The Morgan fingerprint density at radius 2 is 1.78 bits per heavy atom. The lowest BCUT2D eigenvalue weighted by Gasteiger charge is -2.06. The smallest absolute Gasteiger partial charge is 0.168 e. The van der Waals surface area contributed by atoms with E-state index in [1.807, 2.05) is 18.2 Å². The largest absolute Gasteiger partial charge is 0.294 e. The zero-order valence-corrected chi connectivity index (χ0v) is 13.4. The Hall–Kier alpha value is -0.450. The van der Waals surface area contributed by atoms with Gasteiger partial charge in [0.15, 0.2) is 5.78 Å². The predicted octanol–water partition coefficient (Wildman–Crippen LogP) is 4.87. The zero-order valence-electron chi connectivity index (χ0n) is 9.45. The number of rotatable bonds is 2. The van der Waals surface area contributed by atoms with E-state index in [4.69, 9.17) is 0 Å². The molecule has 0 spiro atoms. The second-order valence-corrected chi connectivity index (χ2v) is 8.23. The Bertz CT molecular complexity index is 593. The molecule has 2 aromatic rings. The van der Waals surface area contributed by atoms with Gasteiger partial charge < -0.3 is 0 Å². The first-order valence-electron chi connectivity index (χ1n) is 5.71. The summed E-state index contributed by atoms with van der Waals surface area (Å²) in [5.74, 6) is 0.347. The normalized spacial score (nSPS) is 14.8. The molecule has 0 unspecified atom stereocenters. The third kappa shape index (κ3) is 2.22. The highest BCUT2D eigenvalue weighted by Gasteiger charge is 2.29. The van der Waals surface area contributed by atoms with Crippen LogP contribution in [-0.4, -0.2) is 5.78 Å². The fraction of sp³-hybridized carbons (Fsp3) is 0.214. The monoisotopic (exact) mass is 384 g/mol. The lowest BCUT2D eigenvalue weighted by molar-refractivity contribution is 0.0924. The van der Waals surface area contributed by atoms with E-state index in [1.165, 1.54) is 11.1 Å². The van der Waals surface area contributed by atoms with Gasteiger partial charge in [0.2, 0.25) is 0 Å². The van der Waals surface area contributed by atoms with Gasteiger partial charge in [-0.3, -0.25) is 4.79 Å². The van der Waals surface area contributed by atoms with Gasteiger partial charge in [0.1, 0.15) is 0 Å². The Balaban J connectivity index is 1.87. The highest BCUT2D eigenvalue weighted by Crippen LogP contribution is 2.36. The number of halogens is 2. The molecule has 1 aliphatic rings. The Morgan fingerprint density at radius 3 is 2.28 bits per heavy atom. The van der Waals surface area contributed by atoms with E-state index in [-0.39, 0.29) is 11.7 Å². The molecule has 1 aliphatic carbocycles. The summed E-state index contributed by atoms with van der Waals surface area (Å²) >= 11 is 8.44. The van der Waals surface area contributed by atoms with Crippen molar-refractivity contribution in [1.82, 2.24) is 0 Å². The van der Waals surface area contributed by atoms with Crippen molar-refractivity contribution in [3.63, 3.8) is 0 Å². The van der Waals surface area contributed by atoms with Gasteiger partial charge in [0, 0.05) is 11.5 Å². The molecular weight excluding hydrogens is 376 g/mol. The molecule has 0 radical (unpaired) electrons. The van der Waals surface area contributed by atoms with Crippen LogP contribution in [0.5, 0.6) is 0 Å². The fourth-order valence-corrected chi connectivity index (χ4v) is 5.29. The van der Waals surface area contributed by atoms with Gasteiger partial charge in [0.05, 0.1) is 7.57 Å². The van der Waals surface area contributed by atoms with Crippen molar-refractivity contribution >= 4 is 49.0 Å². The Kier molecular flexibility index (Phi) is 3.43. The molecule has 4 heteroatoms. The summed E-state index contributed by atoms with van der Waals surface area (Å²) in [4.78, 5) is 12.5. The van der Waals surface area contributed by atoms with E-state index in [0.717, 1.165) is 26.0 Å². The molecule has 0 aliphatic heterocycles. The first-order valence-corrected chi connectivity index (χ1v) is 8.11. The van der Waals surface area contributed by atoms with Gasteiger partial charge in [0.25, 0.3) is 0 Å². The van der Waals surface area contributed by atoms with E-state index < -0.39 is 0 Å². The predicted molar refractivity (Wildman–Crippen MR) is 81.4 cm³/mol. The van der Waals surface area contributed by atoms with E-state index >= 15 is 0 Å². The van der Waals surface area contributed by atoms with Crippen molar-refractivity contribution in [2.75, 3.05) is 0 Å². The average Bonchev–Trinajstić information content (AvgIpc) is 2.91. The molecule has 0 atom stereocenters. The lowest BCUT2D eigenvalue weighted by Crippen LogP contribution is -2.14. The third-order valence-corrected chi connectivity index (χ3v) is 5.68. The van der Waals surface area contributed by atoms with Crippen LogP contribution in [0.15, 0.2) is 37.9 Å². The summed E-state index contributed by atoms with van der Waals surface area (Å²) in [6, 6.07) is 10.3. The summed E-state index contributed by atoms with van der Waals surface area (Å²) in [6.07, 6.45) is 1.74. The van der Waals surface area contributed by atoms with Gasteiger partial charge in [-0.1, -0.05) is 24.3 Å². The molecule has 1 nitrogen and oxygen atoms in total. The maximum absolute atomic E-state index is 12.5. The van der Waals surface area contributed by atoms with Crippen molar-refractivity contribution in [2.24, 2.45) is 5.92 Å². The standard InChI is InChI=1S/C14H10Br2OS/c15-12-7-11(14(16)18-12)13(17)10-5-8-3-1-2-4-9(8)6-10/h1-4,7,10H,5-6H2. The first kappa shape index (κ1) is 12.6. The van der Waals surface area contributed by atoms with Crippen molar-refractivity contribution in [3.05, 3.63) is 54.6 Å². The highest BCUT2D eigenvalue weighted by atomic mass is 79.9. The molecule has 0 bridgehead atoms. The molecule has 0 saturated carbocycles. The van der Waals surface area contributed by atoms with Gasteiger partial charge in [-0.05, 0) is 61.9 Å². The van der Waals surface area contributed by atoms with Crippen LogP contribution in [0, 0.1) is 5.92 Å². The van der Waals surface area contributed by atoms with Crippen LogP contribution in [0.25, 0.3) is 0 Å². The molecule has 0 fully saturated rings. The number of Topliss-reactive ketones (excluding diaryl/α,β-unsaturated/α-hetero) is 1. The number of hydrogen-bond donors (Lipinski definition) is 0. The topological polar surface area (TPSA) is 17.1 Å². The lowest BCUT2D eigenvalue weighted by atomic mass is 9.97. The minimum Gasteiger partial charge on any atom is -0.294 e. The van der Waals surface area contributed by atoms with Crippen LogP contribution in [0.1, 0.15) is 21.5 Å². The summed E-state index contributed by atoms with van der Waals surface area (Å²) in [5.41, 5.74) is 3.45. The number of fused-ring (bicyclic) bond motifs is 1. The van der Waals surface area contributed by atoms with E-state index in [0.29, 0.717) is 0 Å². The Morgan fingerprint density at radius 1 is 1.17 bits per heavy atom. The van der Waals surface area contributed by atoms with Crippen LogP contribution in [-0.2, 0) is 12.8 Å². The summed E-state index contributed by atoms with van der Waals surface area (Å²) < 4.78 is 1.92. The van der Waals surface area contributed by atoms with E-state index in [1.54, 1.807) is 11.3 Å². The molecule has 1 aromatic carbocycles.